The Hall–Kier alpha value is -2.08. The molecule has 0 aromatic heterocycles. The van der Waals surface area contributed by atoms with E-state index in [1.165, 1.54) is 0 Å². The van der Waals surface area contributed by atoms with Gasteiger partial charge in [-0.2, -0.15) is 0 Å². The molecule has 1 saturated heterocycles. The minimum atomic E-state index is -0.281. The predicted molar refractivity (Wildman–Crippen MR) is 89.8 cm³/mol. The molecule has 126 valence electrons. The Morgan fingerprint density at radius 3 is 2.61 bits per heavy atom. The fraction of sp³-hybridized carbons (Fsp3) is 0.529. The van der Waals surface area contributed by atoms with E-state index in [2.05, 4.69) is 10.6 Å². The van der Waals surface area contributed by atoms with Crippen LogP contribution in [0.1, 0.15) is 35.7 Å². The maximum Gasteiger partial charge on any atom is 0.319 e. The van der Waals surface area contributed by atoms with E-state index in [0.717, 1.165) is 31.5 Å². The van der Waals surface area contributed by atoms with E-state index in [1.54, 1.807) is 19.2 Å². The number of nitrogens with one attached hydrogen (secondary N) is 2. The zero-order chi connectivity index (χ0) is 16.8. The number of hydrogen-bond acceptors (Lipinski definition) is 3. The molecule has 23 heavy (non-hydrogen) atoms. The molecule has 0 radical (unpaired) electrons. The molecule has 2 rings (SSSR count). The number of nitrogens with zero attached hydrogens (tertiary/aromatic N) is 1. The van der Waals surface area contributed by atoms with Gasteiger partial charge in [0.2, 0.25) is 0 Å². The van der Waals surface area contributed by atoms with Crippen LogP contribution in [0.3, 0.4) is 0 Å². The Morgan fingerprint density at radius 2 is 2.00 bits per heavy atom. The number of amides is 3. The second-order valence-electron chi connectivity index (χ2n) is 5.98. The first-order valence-corrected chi connectivity index (χ1v) is 7.97. The van der Waals surface area contributed by atoms with Crippen LogP contribution >= 0.6 is 0 Å². The molecule has 1 atom stereocenters. The third-order valence-electron chi connectivity index (χ3n) is 3.91. The van der Waals surface area contributed by atoms with E-state index < -0.39 is 0 Å². The lowest BCUT2D eigenvalue weighted by Crippen LogP contribution is -2.38. The van der Waals surface area contributed by atoms with Crippen molar-refractivity contribution in [3.63, 3.8) is 0 Å². The van der Waals surface area contributed by atoms with Crippen LogP contribution in [-0.4, -0.2) is 49.7 Å². The molecular formula is C17H25N3O3. The number of ether oxygens (including phenoxy) is 1. The summed E-state index contributed by atoms with van der Waals surface area (Å²) in [5, 5.41) is 5.59. The average molecular weight is 319 g/mol. The van der Waals surface area contributed by atoms with Crippen molar-refractivity contribution in [3.05, 3.63) is 29.3 Å². The minimum Gasteiger partial charge on any atom is -0.383 e. The average Bonchev–Trinajstić information content (AvgIpc) is 3.03. The summed E-state index contributed by atoms with van der Waals surface area (Å²) in [6.07, 6.45) is 2.15. The summed E-state index contributed by atoms with van der Waals surface area (Å²) in [6.45, 7) is 5.87. The summed E-state index contributed by atoms with van der Waals surface area (Å²) >= 11 is 0. The van der Waals surface area contributed by atoms with Gasteiger partial charge in [-0.1, -0.05) is 0 Å². The number of urea groups is 1. The highest BCUT2D eigenvalue weighted by molar-refractivity contribution is 5.96. The molecule has 1 heterocycles. The topological polar surface area (TPSA) is 70.7 Å². The van der Waals surface area contributed by atoms with Gasteiger partial charge in [-0.15, -0.1) is 0 Å². The number of aryl methyl sites for hydroxylation is 1. The van der Waals surface area contributed by atoms with Gasteiger partial charge in [0, 0.05) is 31.5 Å². The van der Waals surface area contributed by atoms with Crippen molar-refractivity contribution >= 4 is 17.6 Å². The zero-order valence-corrected chi connectivity index (χ0v) is 14.0. The second-order valence-corrected chi connectivity index (χ2v) is 5.98. The van der Waals surface area contributed by atoms with Crippen LogP contribution in [0, 0.1) is 6.92 Å². The molecule has 1 aromatic rings. The maximum atomic E-state index is 12.4. The standard InChI is InChI=1S/C17H25N3O3/c1-12-10-14(16(21)20-8-4-5-9-20)6-7-15(12)19-17(22)18-13(2)11-23-3/h6-7,10,13H,4-5,8-9,11H2,1-3H3,(H2,18,19,22)/t13-/m0/s1. The maximum absolute atomic E-state index is 12.4. The highest BCUT2D eigenvalue weighted by Crippen LogP contribution is 2.19. The summed E-state index contributed by atoms with van der Waals surface area (Å²) < 4.78 is 4.98. The second kappa shape index (κ2) is 7.97. The van der Waals surface area contributed by atoms with Crippen molar-refractivity contribution in [2.45, 2.75) is 32.7 Å². The predicted octanol–water partition coefficient (Wildman–Crippen LogP) is 2.39. The van der Waals surface area contributed by atoms with Crippen LogP contribution in [0.4, 0.5) is 10.5 Å². The number of rotatable bonds is 5. The monoisotopic (exact) mass is 319 g/mol. The van der Waals surface area contributed by atoms with Crippen molar-refractivity contribution in [2.24, 2.45) is 0 Å². The van der Waals surface area contributed by atoms with E-state index >= 15 is 0 Å². The Balaban J connectivity index is 1.98. The Labute approximate surface area is 137 Å². The fourth-order valence-corrected chi connectivity index (χ4v) is 2.71. The molecule has 0 saturated carbocycles. The molecule has 6 nitrogen and oxygen atoms in total. The Kier molecular flexibility index (Phi) is 5.98. The third-order valence-corrected chi connectivity index (χ3v) is 3.91. The lowest BCUT2D eigenvalue weighted by Gasteiger charge is -2.17. The Bertz CT molecular complexity index is 568. The molecule has 1 aromatic carbocycles. The number of methoxy groups -OCH3 is 1. The summed E-state index contributed by atoms with van der Waals surface area (Å²) in [4.78, 5) is 26.2. The van der Waals surface area contributed by atoms with Crippen molar-refractivity contribution in [1.82, 2.24) is 10.2 Å². The normalized spacial score (nSPS) is 15.3. The largest absolute Gasteiger partial charge is 0.383 e. The first-order valence-electron chi connectivity index (χ1n) is 7.97. The van der Waals surface area contributed by atoms with Crippen LogP contribution in [0.2, 0.25) is 0 Å². The van der Waals surface area contributed by atoms with Gasteiger partial charge < -0.3 is 20.3 Å². The van der Waals surface area contributed by atoms with Gasteiger partial charge in [0.25, 0.3) is 5.91 Å². The van der Waals surface area contributed by atoms with Crippen LogP contribution in [0.5, 0.6) is 0 Å². The van der Waals surface area contributed by atoms with Gasteiger partial charge in [0.05, 0.1) is 12.6 Å². The summed E-state index contributed by atoms with van der Waals surface area (Å²) in [5.41, 5.74) is 2.23. The van der Waals surface area contributed by atoms with Crippen LogP contribution < -0.4 is 10.6 Å². The summed E-state index contributed by atoms with van der Waals surface area (Å²) in [7, 11) is 1.59. The van der Waals surface area contributed by atoms with Crippen molar-refractivity contribution in [3.8, 4) is 0 Å². The van der Waals surface area contributed by atoms with Crippen molar-refractivity contribution in [1.29, 1.82) is 0 Å². The van der Waals surface area contributed by atoms with Crippen molar-refractivity contribution < 1.29 is 14.3 Å². The zero-order valence-electron chi connectivity index (χ0n) is 14.0. The van der Waals surface area contributed by atoms with Gasteiger partial charge in [-0.25, -0.2) is 4.79 Å². The van der Waals surface area contributed by atoms with Crippen LogP contribution in [-0.2, 0) is 4.74 Å². The number of likely N-dealkylation sites (tertiary alicyclic amines) is 1. The van der Waals surface area contributed by atoms with Crippen LogP contribution in [0.15, 0.2) is 18.2 Å². The first kappa shape index (κ1) is 17.3. The molecule has 0 spiro atoms. The lowest BCUT2D eigenvalue weighted by molar-refractivity contribution is 0.0792. The quantitative estimate of drug-likeness (QED) is 0.875. The van der Waals surface area contributed by atoms with E-state index in [1.807, 2.05) is 24.8 Å². The molecule has 1 aliphatic heterocycles. The Morgan fingerprint density at radius 1 is 1.30 bits per heavy atom. The molecule has 0 bridgehead atoms. The van der Waals surface area contributed by atoms with E-state index in [0.29, 0.717) is 17.9 Å². The third kappa shape index (κ3) is 4.69. The molecular weight excluding hydrogens is 294 g/mol. The molecule has 2 N–H and O–H groups in total. The van der Waals surface area contributed by atoms with Gasteiger partial charge >= 0.3 is 6.03 Å². The van der Waals surface area contributed by atoms with E-state index in [9.17, 15) is 9.59 Å². The highest BCUT2D eigenvalue weighted by atomic mass is 16.5. The SMILES string of the molecule is COC[C@H](C)NC(=O)Nc1ccc(C(=O)N2CCCC2)cc1C. The van der Waals surface area contributed by atoms with Crippen LogP contribution in [0.25, 0.3) is 0 Å². The number of anilines is 1. The molecule has 1 fully saturated rings. The molecule has 0 aliphatic carbocycles. The fourth-order valence-electron chi connectivity index (χ4n) is 2.71. The van der Waals surface area contributed by atoms with Gasteiger partial charge in [-0.05, 0) is 50.5 Å². The first-order chi connectivity index (χ1) is 11.0. The van der Waals surface area contributed by atoms with E-state index in [4.69, 9.17) is 4.74 Å². The molecule has 1 aliphatic rings. The van der Waals surface area contributed by atoms with E-state index in [-0.39, 0.29) is 18.0 Å². The molecule has 6 heteroatoms. The lowest BCUT2D eigenvalue weighted by atomic mass is 10.1. The van der Waals surface area contributed by atoms with Gasteiger partial charge in [0.15, 0.2) is 0 Å². The number of carbonyl (C=O) groups is 2. The summed E-state index contributed by atoms with van der Waals surface area (Å²) in [6, 6.07) is 5.02. The number of carbonyl (C=O) groups excluding carboxylic acids is 2. The number of benzene rings is 1. The minimum absolute atomic E-state index is 0.0651. The summed E-state index contributed by atoms with van der Waals surface area (Å²) in [5.74, 6) is 0.0651. The smallest absolute Gasteiger partial charge is 0.319 e. The van der Waals surface area contributed by atoms with Crippen molar-refractivity contribution in [2.75, 3.05) is 32.1 Å². The van der Waals surface area contributed by atoms with Gasteiger partial charge in [0.1, 0.15) is 0 Å². The number of hydrogen-bond donors (Lipinski definition) is 2. The molecule has 3 amide bonds. The molecule has 0 unspecified atom stereocenters. The highest BCUT2D eigenvalue weighted by Gasteiger charge is 2.20. The van der Waals surface area contributed by atoms with Gasteiger partial charge in [-0.3, -0.25) is 4.79 Å².